The van der Waals surface area contributed by atoms with Gasteiger partial charge in [-0.05, 0) is 37.6 Å². The lowest BCUT2D eigenvalue weighted by atomic mass is 10.2. The molecule has 4 rings (SSSR count). The molecule has 1 aliphatic heterocycles. The maximum absolute atomic E-state index is 4.72. The molecule has 30 heavy (non-hydrogen) atoms. The fourth-order valence-corrected chi connectivity index (χ4v) is 3.75. The normalized spacial score (nSPS) is 15.7. The number of piperazine rings is 1. The Balaban J connectivity index is 1.36. The Morgan fingerprint density at radius 1 is 0.967 bits per heavy atom. The highest BCUT2D eigenvalue weighted by Crippen LogP contribution is 2.17. The fourth-order valence-electron chi connectivity index (χ4n) is 3.75. The van der Waals surface area contributed by atoms with E-state index in [0.717, 1.165) is 62.2 Å². The number of nitrogens with zero attached hydrogens (tertiary/aromatic N) is 6. The van der Waals surface area contributed by atoms with E-state index in [0.29, 0.717) is 5.82 Å². The van der Waals surface area contributed by atoms with Gasteiger partial charge in [-0.15, -0.1) is 0 Å². The zero-order valence-corrected chi connectivity index (χ0v) is 17.7. The molecule has 156 valence electrons. The number of aromatic nitrogens is 4. The van der Waals surface area contributed by atoms with Crippen LogP contribution >= 0.6 is 0 Å². The molecule has 0 aromatic carbocycles. The van der Waals surface area contributed by atoms with Crippen LogP contribution in [0.4, 0.5) is 11.6 Å². The summed E-state index contributed by atoms with van der Waals surface area (Å²) in [5.41, 5.74) is 1.82. The van der Waals surface area contributed by atoms with Crippen LogP contribution in [0, 0.1) is 0 Å². The van der Waals surface area contributed by atoms with Gasteiger partial charge in [-0.25, -0.2) is 15.0 Å². The quantitative estimate of drug-likeness (QED) is 0.650. The molecule has 1 fully saturated rings. The largest absolute Gasteiger partial charge is 0.366 e. The molecule has 0 bridgehead atoms. The first-order valence-corrected chi connectivity index (χ1v) is 10.7. The number of anilines is 2. The third-order valence-electron chi connectivity index (χ3n) is 5.31. The molecule has 0 amide bonds. The molecule has 0 spiro atoms. The van der Waals surface area contributed by atoms with Gasteiger partial charge >= 0.3 is 0 Å². The van der Waals surface area contributed by atoms with Gasteiger partial charge in [-0.2, -0.15) is 0 Å². The summed E-state index contributed by atoms with van der Waals surface area (Å²) in [6, 6.07) is 14.2. The highest BCUT2D eigenvalue weighted by molar-refractivity contribution is 5.53. The Labute approximate surface area is 178 Å². The average Bonchev–Trinajstić information content (AvgIpc) is 2.80. The van der Waals surface area contributed by atoms with Crippen LogP contribution in [-0.4, -0.2) is 63.6 Å². The second-order valence-corrected chi connectivity index (χ2v) is 7.66. The van der Waals surface area contributed by atoms with Crippen molar-refractivity contribution >= 4 is 11.6 Å². The average molecular weight is 404 g/mol. The van der Waals surface area contributed by atoms with Gasteiger partial charge in [0.1, 0.15) is 17.3 Å². The van der Waals surface area contributed by atoms with Gasteiger partial charge in [-0.1, -0.05) is 19.1 Å². The smallest absolute Gasteiger partial charge is 0.180 e. The maximum Gasteiger partial charge on any atom is 0.180 e. The summed E-state index contributed by atoms with van der Waals surface area (Å²) in [5.74, 6) is 2.61. The molecule has 3 aromatic heterocycles. The van der Waals surface area contributed by atoms with Crippen molar-refractivity contribution in [3.63, 3.8) is 0 Å². The van der Waals surface area contributed by atoms with Gasteiger partial charge in [0.2, 0.25) is 0 Å². The number of hydrogen-bond acceptors (Lipinski definition) is 7. The third-order valence-corrected chi connectivity index (χ3v) is 5.31. The van der Waals surface area contributed by atoms with Crippen LogP contribution in [0.2, 0.25) is 0 Å². The van der Waals surface area contributed by atoms with Gasteiger partial charge in [0.25, 0.3) is 0 Å². The number of rotatable bonds is 7. The molecule has 3 aromatic rings. The lowest BCUT2D eigenvalue weighted by Crippen LogP contribution is -2.49. The number of nitrogens with one attached hydrogen (secondary N) is 1. The van der Waals surface area contributed by atoms with Crippen LogP contribution < -0.4 is 10.2 Å². The van der Waals surface area contributed by atoms with Crippen molar-refractivity contribution in [3.8, 4) is 11.5 Å². The van der Waals surface area contributed by atoms with Crippen molar-refractivity contribution in [3.05, 3.63) is 60.6 Å². The van der Waals surface area contributed by atoms with E-state index in [-0.39, 0.29) is 6.04 Å². The second-order valence-electron chi connectivity index (χ2n) is 7.66. The third kappa shape index (κ3) is 5.10. The Morgan fingerprint density at radius 2 is 1.73 bits per heavy atom. The van der Waals surface area contributed by atoms with Gasteiger partial charge < -0.3 is 10.2 Å². The molecule has 7 nitrogen and oxygen atoms in total. The molecule has 1 aliphatic rings. The molecule has 0 aliphatic carbocycles. The minimum absolute atomic E-state index is 0.280. The van der Waals surface area contributed by atoms with Gasteiger partial charge in [-0.3, -0.25) is 9.88 Å². The highest BCUT2D eigenvalue weighted by Gasteiger charge is 2.19. The van der Waals surface area contributed by atoms with E-state index in [9.17, 15) is 0 Å². The van der Waals surface area contributed by atoms with Crippen molar-refractivity contribution in [1.82, 2.24) is 24.8 Å². The predicted molar refractivity (Wildman–Crippen MR) is 121 cm³/mol. The first-order valence-electron chi connectivity index (χ1n) is 10.7. The van der Waals surface area contributed by atoms with Crippen LogP contribution in [0.25, 0.3) is 11.5 Å². The van der Waals surface area contributed by atoms with E-state index in [1.165, 1.54) is 0 Å². The standard InChI is InChI=1S/C23H29N7/c1-3-19-16-21(28-23(27-19)20-8-4-6-10-24-20)26-18(2)17-29-12-14-30(15-13-29)22-9-5-7-11-25-22/h4-11,16,18H,3,12-15,17H2,1-2H3,(H,26,27,28). The molecule has 1 unspecified atom stereocenters. The highest BCUT2D eigenvalue weighted by atomic mass is 15.3. The molecule has 0 saturated carbocycles. The Kier molecular flexibility index (Phi) is 6.49. The zero-order chi connectivity index (χ0) is 20.8. The summed E-state index contributed by atoms with van der Waals surface area (Å²) in [7, 11) is 0. The van der Waals surface area contributed by atoms with Crippen molar-refractivity contribution in [2.75, 3.05) is 42.9 Å². The van der Waals surface area contributed by atoms with E-state index < -0.39 is 0 Å². The number of hydrogen-bond donors (Lipinski definition) is 1. The topological polar surface area (TPSA) is 70.1 Å². The lowest BCUT2D eigenvalue weighted by molar-refractivity contribution is 0.250. The monoisotopic (exact) mass is 403 g/mol. The second kappa shape index (κ2) is 9.63. The minimum atomic E-state index is 0.280. The van der Waals surface area contributed by atoms with Crippen LogP contribution in [0.15, 0.2) is 54.9 Å². The van der Waals surface area contributed by atoms with Crippen LogP contribution in [0.3, 0.4) is 0 Å². The lowest BCUT2D eigenvalue weighted by Gasteiger charge is -2.36. The summed E-state index contributed by atoms with van der Waals surface area (Å²) in [6.45, 7) is 9.36. The molecular weight excluding hydrogens is 374 g/mol. The van der Waals surface area contributed by atoms with E-state index in [1.807, 2.05) is 42.6 Å². The van der Waals surface area contributed by atoms with Gasteiger partial charge in [0.15, 0.2) is 5.82 Å². The molecule has 0 radical (unpaired) electrons. The Hall–Kier alpha value is -3.06. The van der Waals surface area contributed by atoms with E-state index in [4.69, 9.17) is 4.98 Å². The van der Waals surface area contributed by atoms with Crippen molar-refractivity contribution < 1.29 is 0 Å². The summed E-state index contributed by atoms with van der Waals surface area (Å²) >= 11 is 0. The van der Waals surface area contributed by atoms with Crippen LogP contribution in [0.1, 0.15) is 19.5 Å². The summed E-state index contributed by atoms with van der Waals surface area (Å²) < 4.78 is 0. The van der Waals surface area contributed by atoms with E-state index >= 15 is 0 Å². The zero-order valence-electron chi connectivity index (χ0n) is 17.7. The molecule has 1 N–H and O–H groups in total. The predicted octanol–water partition coefficient (Wildman–Crippen LogP) is 3.12. The Bertz CT molecular complexity index is 925. The summed E-state index contributed by atoms with van der Waals surface area (Å²) in [5, 5.41) is 3.57. The number of aryl methyl sites for hydroxylation is 1. The first kappa shape index (κ1) is 20.2. The van der Waals surface area contributed by atoms with Crippen LogP contribution in [-0.2, 0) is 6.42 Å². The van der Waals surface area contributed by atoms with Gasteiger partial charge in [0.05, 0.1) is 0 Å². The van der Waals surface area contributed by atoms with Crippen LogP contribution in [0.5, 0.6) is 0 Å². The first-order chi connectivity index (χ1) is 14.7. The van der Waals surface area contributed by atoms with E-state index in [2.05, 4.69) is 50.0 Å². The molecule has 7 heteroatoms. The minimum Gasteiger partial charge on any atom is -0.366 e. The van der Waals surface area contributed by atoms with Gasteiger partial charge in [0, 0.05) is 62.9 Å². The van der Waals surface area contributed by atoms with Crippen molar-refractivity contribution in [2.45, 2.75) is 26.3 Å². The maximum atomic E-state index is 4.72. The molecule has 1 atom stereocenters. The summed E-state index contributed by atoms with van der Waals surface area (Å²) in [6.07, 6.45) is 4.50. The molecular formula is C23H29N7. The Morgan fingerprint density at radius 3 is 2.40 bits per heavy atom. The molecule has 1 saturated heterocycles. The molecule has 4 heterocycles. The SMILES string of the molecule is CCc1cc(NC(C)CN2CCN(c3ccccn3)CC2)nc(-c2ccccn2)n1. The fraction of sp³-hybridized carbons (Fsp3) is 0.391. The van der Waals surface area contributed by atoms with Crippen molar-refractivity contribution in [1.29, 1.82) is 0 Å². The van der Waals surface area contributed by atoms with E-state index in [1.54, 1.807) is 6.20 Å². The van der Waals surface area contributed by atoms with Crippen molar-refractivity contribution in [2.24, 2.45) is 0 Å². The summed E-state index contributed by atoms with van der Waals surface area (Å²) in [4.78, 5) is 23.1. The number of pyridine rings is 2.